The zero-order chi connectivity index (χ0) is 15.2. The molecule has 21 heavy (non-hydrogen) atoms. The molecule has 108 valence electrons. The normalized spacial score (nSPS) is 10.1. The van der Waals surface area contributed by atoms with Gasteiger partial charge in [0.15, 0.2) is 0 Å². The Morgan fingerprint density at radius 1 is 1.10 bits per heavy atom. The Kier molecular flexibility index (Phi) is 4.95. The minimum Gasteiger partial charge on any atom is -0.366 e. The first-order valence-electron chi connectivity index (χ1n) is 6.45. The summed E-state index contributed by atoms with van der Waals surface area (Å²) >= 11 is 6.01. The van der Waals surface area contributed by atoms with E-state index in [-0.39, 0.29) is 12.3 Å². The predicted molar refractivity (Wildman–Crippen MR) is 82.0 cm³/mol. The number of hydrogen-bond donors (Lipinski definition) is 2. The minimum atomic E-state index is -0.487. The second kappa shape index (κ2) is 6.90. The first-order chi connectivity index (χ1) is 10.1. The van der Waals surface area contributed by atoms with Crippen molar-refractivity contribution in [3.05, 3.63) is 70.2 Å². The molecule has 2 aromatic carbocycles. The number of primary amides is 1. The number of carbonyl (C=O) groups is 2. The maximum absolute atomic E-state index is 11.9. The highest BCUT2D eigenvalue weighted by molar-refractivity contribution is 6.31. The number of halogens is 1. The molecule has 0 saturated carbocycles. The summed E-state index contributed by atoms with van der Waals surface area (Å²) < 4.78 is 0. The van der Waals surface area contributed by atoms with Crippen LogP contribution in [0.5, 0.6) is 0 Å². The molecule has 0 unspecified atom stereocenters. The van der Waals surface area contributed by atoms with Crippen LogP contribution >= 0.6 is 11.6 Å². The fourth-order valence-corrected chi connectivity index (χ4v) is 2.11. The van der Waals surface area contributed by atoms with Gasteiger partial charge in [0.1, 0.15) is 0 Å². The number of rotatable bonds is 5. The molecule has 0 radical (unpaired) electrons. The van der Waals surface area contributed by atoms with Crippen LogP contribution in [0.4, 0.5) is 0 Å². The highest BCUT2D eigenvalue weighted by Gasteiger charge is 2.07. The Morgan fingerprint density at radius 3 is 2.57 bits per heavy atom. The smallest absolute Gasteiger partial charge is 0.248 e. The maximum atomic E-state index is 11.9. The molecule has 0 fully saturated rings. The average molecular weight is 303 g/mol. The van der Waals surface area contributed by atoms with Crippen LogP contribution in [-0.4, -0.2) is 11.8 Å². The topological polar surface area (TPSA) is 72.2 Å². The van der Waals surface area contributed by atoms with Crippen molar-refractivity contribution < 1.29 is 9.59 Å². The third kappa shape index (κ3) is 4.33. The summed E-state index contributed by atoms with van der Waals surface area (Å²) in [4.78, 5) is 23.0. The summed E-state index contributed by atoms with van der Waals surface area (Å²) in [5.41, 5.74) is 7.24. The summed E-state index contributed by atoms with van der Waals surface area (Å²) in [5.74, 6) is -0.619. The van der Waals surface area contributed by atoms with Crippen LogP contribution in [0.1, 0.15) is 21.5 Å². The van der Waals surface area contributed by atoms with Crippen molar-refractivity contribution in [1.29, 1.82) is 0 Å². The van der Waals surface area contributed by atoms with E-state index in [0.29, 0.717) is 17.1 Å². The van der Waals surface area contributed by atoms with E-state index in [0.717, 1.165) is 11.1 Å². The van der Waals surface area contributed by atoms with Gasteiger partial charge >= 0.3 is 0 Å². The molecular weight excluding hydrogens is 288 g/mol. The van der Waals surface area contributed by atoms with Crippen LogP contribution in [0.3, 0.4) is 0 Å². The molecule has 0 bridgehead atoms. The molecule has 5 heteroatoms. The first-order valence-corrected chi connectivity index (χ1v) is 6.83. The predicted octanol–water partition coefficient (Wildman–Crippen LogP) is 2.30. The molecule has 4 nitrogen and oxygen atoms in total. The fraction of sp³-hybridized carbons (Fsp3) is 0.125. The van der Waals surface area contributed by atoms with E-state index in [1.54, 1.807) is 24.3 Å². The Morgan fingerprint density at radius 2 is 1.86 bits per heavy atom. The average Bonchev–Trinajstić information content (AvgIpc) is 2.48. The third-order valence-electron chi connectivity index (χ3n) is 3.01. The van der Waals surface area contributed by atoms with Gasteiger partial charge in [0.2, 0.25) is 11.8 Å². The molecule has 0 aliphatic rings. The van der Waals surface area contributed by atoms with Crippen molar-refractivity contribution in [3.8, 4) is 0 Å². The van der Waals surface area contributed by atoms with E-state index in [1.165, 1.54) is 0 Å². The van der Waals surface area contributed by atoms with Crippen LogP contribution in [-0.2, 0) is 17.8 Å². The molecule has 0 spiro atoms. The maximum Gasteiger partial charge on any atom is 0.248 e. The van der Waals surface area contributed by atoms with E-state index in [9.17, 15) is 9.59 Å². The monoisotopic (exact) mass is 302 g/mol. The first kappa shape index (κ1) is 15.1. The van der Waals surface area contributed by atoms with E-state index < -0.39 is 5.91 Å². The van der Waals surface area contributed by atoms with Crippen molar-refractivity contribution in [1.82, 2.24) is 5.32 Å². The van der Waals surface area contributed by atoms with Gasteiger partial charge in [-0.05, 0) is 29.3 Å². The van der Waals surface area contributed by atoms with E-state index in [2.05, 4.69) is 5.32 Å². The van der Waals surface area contributed by atoms with Gasteiger partial charge in [-0.25, -0.2) is 0 Å². The van der Waals surface area contributed by atoms with Crippen LogP contribution < -0.4 is 11.1 Å². The Bertz CT molecular complexity index is 671. The number of carbonyl (C=O) groups excluding carboxylic acids is 2. The summed E-state index contributed by atoms with van der Waals surface area (Å²) in [6, 6.07) is 14.1. The number of hydrogen-bond acceptors (Lipinski definition) is 2. The number of amides is 2. The van der Waals surface area contributed by atoms with Gasteiger partial charge in [0.25, 0.3) is 0 Å². The number of nitrogens with two attached hydrogens (primary N) is 1. The van der Waals surface area contributed by atoms with Gasteiger partial charge in [0, 0.05) is 17.1 Å². The molecule has 0 aliphatic carbocycles. The van der Waals surface area contributed by atoms with Gasteiger partial charge in [-0.3, -0.25) is 9.59 Å². The van der Waals surface area contributed by atoms with Crippen molar-refractivity contribution in [2.24, 2.45) is 5.73 Å². The molecule has 2 aromatic rings. The summed E-state index contributed by atoms with van der Waals surface area (Å²) in [7, 11) is 0. The number of benzene rings is 2. The lowest BCUT2D eigenvalue weighted by Gasteiger charge is -2.07. The standard InChI is InChI=1S/C16H15ClN2O2/c17-14-7-2-1-5-12(14)9-15(20)19-10-11-4-3-6-13(8-11)16(18)21/h1-8H,9-10H2,(H2,18,21)(H,19,20). The highest BCUT2D eigenvalue weighted by Crippen LogP contribution is 2.15. The van der Waals surface area contributed by atoms with Crippen LogP contribution in [0, 0.1) is 0 Å². The molecule has 2 rings (SSSR count). The van der Waals surface area contributed by atoms with Gasteiger partial charge in [-0.1, -0.05) is 41.9 Å². The van der Waals surface area contributed by atoms with Gasteiger partial charge in [-0.2, -0.15) is 0 Å². The van der Waals surface area contributed by atoms with Crippen molar-refractivity contribution in [2.45, 2.75) is 13.0 Å². The summed E-state index contributed by atoms with van der Waals surface area (Å²) in [5, 5.41) is 3.36. The summed E-state index contributed by atoms with van der Waals surface area (Å²) in [6.45, 7) is 0.338. The fourth-order valence-electron chi connectivity index (χ4n) is 1.91. The summed E-state index contributed by atoms with van der Waals surface area (Å²) in [6.07, 6.45) is 0.217. The number of nitrogens with one attached hydrogen (secondary N) is 1. The molecule has 0 heterocycles. The van der Waals surface area contributed by atoms with Crippen LogP contribution in [0.15, 0.2) is 48.5 Å². The van der Waals surface area contributed by atoms with E-state index >= 15 is 0 Å². The largest absolute Gasteiger partial charge is 0.366 e. The second-order valence-electron chi connectivity index (χ2n) is 4.61. The molecular formula is C16H15ClN2O2. The molecule has 0 saturated heterocycles. The van der Waals surface area contributed by atoms with Crippen LogP contribution in [0.25, 0.3) is 0 Å². The van der Waals surface area contributed by atoms with Gasteiger partial charge in [-0.15, -0.1) is 0 Å². The van der Waals surface area contributed by atoms with Crippen molar-refractivity contribution in [3.63, 3.8) is 0 Å². The van der Waals surface area contributed by atoms with Crippen LogP contribution in [0.2, 0.25) is 5.02 Å². The zero-order valence-electron chi connectivity index (χ0n) is 11.3. The van der Waals surface area contributed by atoms with Gasteiger partial charge in [0.05, 0.1) is 6.42 Å². The van der Waals surface area contributed by atoms with E-state index in [4.69, 9.17) is 17.3 Å². The zero-order valence-corrected chi connectivity index (χ0v) is 12.1. The lowest BCUT2D eigenvalue weighted by atomic mass is 10.1. The minimum absolute atomic E-state index is 0.132. The Balaban J connectivity index is 1.94. The molecule has 0 aromatic heterocycles. The lowest BCUT2D eigenvalue weighted by molar-refractivity contribution is -0.120. The third-order valence-corrected chi connectivity index (χ3v) is 3.38. The molecule has 0 aliphatic heterocycles. The highest BCUT2D eigenvalue weighted by atomic mass is 35.5. The Hall–Kier alpha value is -2.33. The lowest BCUT2D eigenvalue weighted by Crippen LogP contribution is -2.24. The molecule has 3 N–H and O–H groups in total. The molecule has 0 atom stereocenters. The SMILES string of the molecule is NC(=O)c1cccc(CNC(=O)Cc2ccccc2Cl)c1. The van der Waals surface area contributed by atoms with Crippen molar-refractivity contribution >= 4 is 23.4 Å². The van der Waals surface area contributed by atoms with Crippen molar-refractivity contribution in [2.75, 3.05) is 0 Å². The quantitative estimate of drug-likeness (QED) is 0.889. The second-order valence-corrected chi connectivity index (χ2v) is 5.02. The Labute approximate surface area is 127 Å². The molecule has 2 amide bonds. The van der Waals surface area contributed by atoms with E-state index in [1.807, 2.05) is 24.3 Å². The van der Waals surface area contributed by atoms with Gasteiger partial charge < -0.3 is 11.1 Å².